The zero-order valence-corrected chi connectivity index (χ0v) is 16.0. The molecule has 0 radical (unpaired) electrons. The van der Waals surface area contributed by atoms with E-state index in [9.17, 15) is 4.79 Å². The lowest BCUT2D eigenvalue weighted by molar-refractivity contribution is -0.134. The fraction of sp³-hybridized carbons (Fsp3) is 0.304. The minimum absolute atomic E-state index is 0.154. The fourth-order valence-corrected chi connectivity index (χ4v) is 2.95. The van der Waals surface area contributed by atoms with E-state index >= 15 is 0 Å². The van der Waals surface area contributed by atoms with Crippen molar-refractivity contribution in [2.24, 2.45) is 7.05 Å². The predicted molar refractivity (Wildman–Crippen MR) is 108 cm³/mol. The third-order valence-corrected chi connectivity index (χ3v) is 4.58. The SMILES string of the molecule is CCCCC(=O)Oc1ccc(CCc2ccc(-c3cnn(C)c3)cc2)cc1. The van der Waals surface area contributed by atoms with Gasteiger partial charge in [-0.15, -0.1) is 0 Å². The summed E-state index contributed by atoms with van der Waals surface area (Å²) in [5.41, 5.74) is 4.85. The summed E-state index contributed by atoms with van der Waals surface area (Å²) in [5.74, 6) is 0.471. The van der Waals surface area contributed by atoms with E-state index in [1.165, 1.54) is 16.7 Å². The molecule has 0 unspecified atom stereocenters. The van der Waals surface area contributed by atoms with Gasteiger partial charge in [0.2, 0.25) is 0 Å². The van der Waals surface area contributed by atoms with E-state index in [4.69, 9.17) is 4.74 Å². The Morgan fingerprint density at radius 3 is 2.15 bits per heavy atom. The summed E-state index contributed by atoms with van der Waals surface area (Å²) in [5, 5.41) is 4.22. The lowest BCUT2D eigenvalue weighted by Crippen LogP contribution is -2.07. The Kier molecular flexibility index (Phi) is 6.42. The van der Waals surface area contributed by atoms with Crippen LogP contribution in [0.2, 0.25) is 0 Å². The highest BCUT2D eigenvalue weighted by Crippen LogP contribution is 2.20. The molecule has 0 fully saturated rings. The van der Waals surface area contributed by atoms with Gasteiger partial charge in [0, 0.05) is 25.2 Å². The molecule has 1 heterocycles. The molecule has 27 heavy (non-hydrogen) atoms. The fourth-order valence-electron chi connectivity index (χ4n) is 2.95. The van der Waals surface area contributed by atoms with Crippen molar-refractivity contribution in [3.05, 3.63) is 72.1 Å². The summed E-state index contributed by atoms with van der Waals surface area (Å²) in [6.07, 6.45) is 8.18. The summed E-state index contributed by atoms with van der Waals surface area (Å²) < 4.78 is 7.16. The number of rotatable bonds is 8. The minimum atomic E-state index is -0.154. The predicted octanol–water partition coefficient (Wildman–Crippen LogP) is 4.97. The van der Waals surface area contributed by atoms with Gasteiger partial charge >= 0.3 is 5.97 Å². The van der Waals surface area contributed by atoms with Gasteiger partial charge in [0.1, 0.15) is 5.75 Å². The molecule has 3 aromatic rings. The van der Waals surface area contributed by atoms with E-state index in [1.54, 1.807) is 0 Å². The van der Waals surface area contributed by atoms with Gasteiger partial charge in [0.25, 0.3) is 0 Å². The third-order valence-electron chi connectivity index (χ3n) is 4.58. The summed E-state index contributed by atoms with van der Waals surface area (Å²) in [4.78, 5) is 11.7. The van der Waals surface area contributed by atoms with Gasteiger partial charge in [-0.25, -0.2) is 0 Å². The van der Waals surface area contributed by atoms with Crippen LogP contribution < -0.4 is 4.74 Å². The van der Waals surface area contributed by atoms with Crippen molar-refractivity contribution in [2.75, 3.05) is 0 Å². The molecule has 1 aromatic heterocycles. The number of benzene rings is 2. The Bertz CT molecular complexity index is 864. The molecule has 0 atom stereocenters. The van der Waals surface area contributed by atoms with Crippen molar-refractivity contribution in [1.82, 2.24) is 9.78 Å². The van der Waals surface area contributed by atoms with E-state index in [0.29, 0.717) is 12.2 Å². The van der Waals surface area contributed by atoms with Gasteiger partial charge in [-0.1, -0.05) is 49.7 Å². The van der Waals surface area contributed by atoms with Crippen molar-refractivity contribution < 1.29 is 9.53 Å². The highest BCUT2D eigenvalue weighted by Gasteiger charge is 2.05. The molecular weight excluding hydrogens is 336 g/mol. The standard InChI is InChI=1S/C23H26N2O2/c1-3-4-5-23(26)27-22-14-10-19(11-15-22)7-6-18-8-12-20(13-9-18)21-16-24-25(2)17-21/h8-17H,3-7H2,1-2H3. The summed E-state index contributed by atoms with van der Waals surface area (Å²) in [6.45, 7) is 2.06. The number of ether oxygens (including phenoxy) is 1. The topological polar surface area (TPSA) is 44.1 Å². The minimum Gasteiger partial charge on any atom is -0.427 e. The molecule has 0 aliphatic heterocycles. The molecule has 3 rings (SSSR count). The molecule has 2 aromatic carbocycles. The first-order chi connectivity index (χ1) is 13.1. The van der Waals surface area contributed by atoms with Crippen LogP contribution in [0.15, 0.2) is 60.9 Å². The normalized spacial score (nSPS) is 10.7. The Morgan fingerprint density at radius 2 is 1.59 bits per heavy atom. The molecule has 0 saturated heterocycles. The lowest BCUT2D eigenvalue weighted by Gasteiger charge is -2.06. The molecule has 0 spiro atoms. The van der Waals surface area contributed by atoms with Crippen molar-refractivity contribution >= 4 is 5.97 Å². The molecule has 0 N–H and O–H groups in total. The molecule has 4 nitrogen and oxygen atoms in total. The second kappa shape index (κ2) is 9.17. The highest BCUT2D eigenvalue weighted by molar-refractivity contribution is 5.72. The smallest absolute Gasteiger partial charge is 0.311 e. The van der Waals surface area contributed by atoms with Crippen LogP contribution in [-0.4, -0.2) is 15.7 Å². The average Bonchev–Trinajstić information content (AvgIpc) is 3.12. The zero-order valence-electron chi connectivity index (χ0n) is 16.0. The maximum Gasteiger partial charge on any atom is 0.311 e. The van der Waals surface area contributed by atoms with Crippen molar-refractivity contribution in [1.29, 1.82) is 0 Å². The molecule has 0 bridgehead atoms. The highest BCUT2D eigenvalue weighted by atomic mass is 16.5. The maximum atomic E-state index is 11.7. The van der Waals surface area contributed by atoms with Crippen LogP contribution >= 0.6 is 0 Å². The van der Waals surface area contributed by atoms with Crippen molar-refractivity contribution in [2.45, 2.75) is 39.0 Å². The number of aryl methyl sites for hydroxylation is 3. The van der Waals surface area contributed by atoms with E-state index < -0.39 is 0 Å². The molecule has 0 saturated carbocycles. The van der Waals surface area contributed by atoms with Crippen molar-refractivity contribution in [3.8, 4) is 16.9 Å². The Labute approximate surface area is 160 Å². The number of hydrogen-bond donors (Lipinski definition) is 0. The second-order valence-electron chi connectivity index (χ2n) is 6.82. The summed E-state index contributed by atoms with van der Waals surface area (Å²) in [6, 6.07) is 16.5. The molecule has 0 aliphatic carbocycles. The Balaban J connectivity index is 1.51. The van der Waals surface area contributed by atoms with Gasteiger partial charge in [-0.05, 0) is 48.1 Å². The lowest BCUT2D eigenvalue weighted by atomic mass is 10.0. The molecular formula is C23H26N2O2. The Hall–Kier alpha value is -2.88. The summed E-state index contributed by atoms with van der Waals surface area (Å²) >= 11 is 0. The quantitative estimate of drug-likeness (QED) is 0.420. The monoisotopic (exact) mass is 362 g/mol. The first kappa shape index (κ1) is 18.9. The van der Waals surface area contributed by atoms with E-state index in [0.717, 1.165) is 31.2 Å². The first-order valence-corrected chi connectivity index (χ1v) is 9.51. The van der Waals surface area contributed by atoms with Crippen molar-refractivity contribution in [3.63, 3.8) is 0 Å². The van der Waals surface area contributed by atoms with Gasteiger partial charge < -0.3 is 4.74 Å². The average molecular weight is 362 g/mol. The van der Waals surface area contributed by atoms with E-state index in [1.807, 2.05) is 48.4 Å². The van der Waals surface area contributed by atoms with Gasteiger partial charge in [-0.3, -0.25) is 9.48 Å². The molecule has 4 heteroatoms. The van der Waals surface area contributed by atoms with E-state index in [2.05, 4.69) is 36.3 Å². The number of aromatic nitrogens is 2. The number of hydrogen-bond acceptors (Lipinski definition) is 3. The van der Waals surface area contributed by atoms with Crippen LogP contribution in [0.25, 0.3) is 11.1 Å². The van der Waals surface area contributed by atoms with Gasteiger partial charge in [-0.2, -0.15) is 5.10 Å². The van der Waals surface area contributed by atoms with Crippen LogP contribution in [0.5, 0.6) is 5.75 Å². The summed E-state index contributed by atoms with van der Waals surface area (Å²) in [7, 11) is 1.93. The number of nitrogens with zero attached hydrogens (tertiary/aromatic N) is 2. The number of carbonyl (C=O) groups is 1. The molecule has 0 amide bonds. The second-order valence-corrected chi connectivity index (χ2v) is 6.82. The number of esters is 1. The molecule has 140 valence electrons. The van der Waals surface area contributed by atoms with E-state index in [-0.39, 0.29) is 5.97 Å². The van der Waals surface area contributed by atoms with Gasteiger partial charge in [0.05, 0.1) is 6.20 Å². The molecule has 0 aliphatic rings. The maximum absolute atomic E-state index is 11.7. The first-order valence-electron chi connectivity index (χ1n) is 9.51. The number of unbranched alkanes of at least 4 members (excludes halogenated alkanes) is 1. The van der Waals surface area contributed by atoms with Crippen LogP contribution in [-0.2, 0) is 24.7 Å². The largest absolute Gasteiger partial charge is 0.427 e. The van der Waals surface area contributed by atoms with Crippen LogP contribution in [0.3, 0.4) is 0 Å². The van der Waals surface area contributed by atoms with Crippen LogP contribution in [0.4, 0.5) is 0 Å². The Morgan fingerprint density at radius 1 is 0.963 bits per heavy atom. The van der Waals surface area contributed by atoms with Crippen LogP contribution in [0, 0.1) is 0 Å². The van der Waals surface area contributed by atoms with Crippen LogP contribution in [0.1, 0.15) is 37.3 Å². The van der Waals surface area contributed by atoms with Gasteiger partial charge in [0.15, 0.2) is 0 Å². The zero-order chi connectivity index (χ0) is 19.1. The number of carbonyl (C=O) groups excluding carboxylic acids is 1. The third kappa shape index (κ3) is 5.55.